The summed E-state index contributed by atoms with van der Waals surface area (Å²) < 4.78 is 2.18. The molecule has 0 spiro atoms. The predicted octanol–water partition coefficient (Wildman–Crippen LogP) is 4.32. The predicted molar refractivity (Wildman–Crippen MR) is 101 cm³/mol. The largest absolute Gasteiger partial charge is 0.342 e. The number of rotatable bonds is 3. The average molecular weight is 348 g/mol. The van der Waals surface area contributed by atoms with Gasteiger partial charge in [-0.05, 0) is 36.4 Å². The van der Waals surface area contributed by atoms with Crippen LogP contribution in [-0.4, -0.2) is 15.7 Å². The molecule has 0 unspecified atom stereocenters. The summed E-state index contributed by atoms with van der Waals surface area (Å²) in [5.41, 5.74) is 4.50. The zero-order valence-electron chi connectivity index (χ0n) is 13.7. The molecule has 3 aromatic rings. The molecule has 1 saturated heterocycles. The quantitative estimate of drug-likeness (QED) is 0.717. The minimum atomic E-state index is -0.328. The molecule has 124 valence electrons. The Morgan fingerprint density at radius 1 is 1.12 bits per heavy atom. The van der Waals surface area contributed by atoms with Crippen molar-refractivity contribution in [3.05, 3.63) is 76.3 Å². The Morgan fingerprint density at radius 2 is 1.96 bits per heavy atom. The highest BCUT2D eigenvalue weighted by atomic mass is 32.2. The summed E-state index contributed by atoms with van der Waals surface area (Å²) in [5, 5.41) is 3.04. The molecule has 5 heteroatoms. The SMILES string of the molecule is Cc1cccc(Cn2cc(/C=C3/SC(=O)NC3=O)c3ccccc32)c1. The third-order valence-electron chi connectivity index (χ3n) is 4.18. The maximum Gasteiger partial charge on any atom is 0.290 e. The number of nitrogens with zero attached hydrogens (tertiary/aromatic N) is 1. The fourth-order valence-corrected chi connectivity index (χ4v) is 3.76. The van der Waals surface area contributed by atoms with E-state index < -0.39 is 0 Å². The van der Waals surface area contributed by atoms with Crippen LogP contribution in [0.3, 0.4) is 0 Å². The minimum absolute atomic E-state index is 0.320. The Kier molecular flexibility index (Phi) is 3.93. The normalized spacial score (nSPS) is 16.0. The molecular weight excluding hydrogens is 332 g/mol. The fraction of sp³-hybridized carbons (Fsp3) is 0.100. The molecule has 1 fully saturated rings. The number of aryl methyl sites for hydroxylation is 1. The Morgan fingerprint density at radius 3 is 2.72 bits per heavy atom. The molecule has 2 aromatic carbocycles. The van der Waals surface area contributed by atoms with Crippen LogP contribution in [0.5, 0.6) is 0 Å². The average Bonchev–Trinajstić information content (AvgIpc) is 3.08. The zero-order valence-corrected chi connectivity index (χ0v) is 14.5. The molecule has 2 amide bonds. The summed E-state index contributed by atoms with van der Waals surface area (Å²) in [6, 6.07) is 16.5. The first-order chi connectivity index (χ1) is 12.1. The van der Waals surface area contributed by atoms with Gasteiger partial charge in [0.1, 0.15) is 0 Å². The van der Waals surface area contributed by atoms with E-state index in [2.05, 4.69) is 47.1 Å². The number of para-hydroxylation sites is 1. The highest BCUT2D eigenvalue weighted by Gasteiger charge is 2.25. The van der Waals surface area contributed by atoms with Gasteiger partial charge in [-0.2, -0.15) is 0 Å². The van der Waals surface area contributed by atoms with Crippen LogP contribution in [0.4, 0.5) is 4.79 Å². The molecule has 0 atom stereocenters. The monoisotopic (exact) mass is 348 g/mol. The highest BCUT2D eigenvalue weighted by Crippen LogP contribution is 2.30. The van der Waals surface area contributed by atoms with Gasteiger partial charge in [-0.1, -0.05) is 48.0 Å². The molecule has 2 heterocycles. The van der Waals surface area contributed by atoms with Crippen molar-refractivity contribution in [3.63, 3.8) is 0 Å². The number of nitrogens with one attached hydrogen (secondary N) is 1. The van der Waals surface area contributed by atoms with E-state index in [4.69, 9.17) is 0 Å². The fourth-order valence-electron chi connectivity index (χ4n) is 3.09. The van der Waals surface area contributed by atoms with E-state index in [0.29, 0.717) is 4.91 Å². The number of benzene rings is 2. The number of hydrogen-bond donors (Lipinski definition) is 1. The zero-order chi connectivity index (χ0) is 17.4. The van der Waals surface area contributed by atoms with E-state index in [1.165, 1.54) is 11.1 Å². The second kappa shape index (κ2) is 6.26. The molecule has 4 rings (SSSR count). The Balaban J connectivity index is 1.78. The van der Waals surface area contributed by atoms with Gasteiger partial charge in [0.05, 0.1) is 4.91 Å². The highest BCUT2D eigenvalue weighted by molar-refractivity contribution is 8.18. The molecule has 0 bridgehead atoms. The maximum atomic E-state index is 11.8. The van der Waals surface area contributed by atoms with E-state index in [-0.39, 0.29) is 11.1 Å². The van der Waals surface area contributed by atoms with Crippen molar-refractivity contribution >= 4 is 39.9 Å². The van der Waals surface area contributed by atoms with Gasteiger partial charge in [-0.3, -0.25) is 14.9 Å². The number of carbonyl (C=O) groups excluding carboxylic acids is 2. The van der Waals surface area contributed by atoms with Gasteiger partial charge in [0.2, 0.25) is 0 Å². The van der Waals surface area contributed by atoms with Crippen molar-refractivity contribution in [2.45, 2.75) is 13.5 Å². The molecule has 1 aliphatic heterocycles. The molecule has 25 heavy (non-hydrogen) atoms. The Labute approximate surface area is 149 Å². The first kappa shape index (κ1) is 15.7. The van der Waals surface area contributed by atoms with Gasteiger partial charge in [0.25, 0.3) is 11.1 Å². The van der Waals surface area contributed by atoms with E-state index in [9.17, 15) is 9.59 Å². The van der Waals surface area contributed by atoms with E-state index >= 15 is 0 Å². The summed E-state index contributed by atoms with van der Waals surface area (Å²) in [4.78, 5) is 23.6. The van der Waals surface area contributed by atoms with Crippen molar-refractivity contribution in [1.82, 2.24) is 9.88 Å². The Hall–Kier alpha value is -2.79. The second-order valence-corrected chi connectivity index (χ2v) is 7.09. The summed E-state index contributed by atoms with van der Waals surface area (Å²) in [6.45, 7) is 2.84. The lowest BCUT2D eigenvalue weighted by atomic mass is 10.1. The van der Waals surface area contributed by atoms with Crippen LogP contribution in [0.2, 0.25) is 0 Å². The summed E-state index contributed by atoms with van der Waals surface area (Å²) in [6.07, 6.45) is 3.83. The van der Waals surface area contributed by atoms with Crippen molar-refractivity contribution in [2.24, 2.45) is 0 Å². The Bertz CT molecular complexity index is 1030. The van der Waals surface area contributed by atoms with Crippen LogP contribution in [0.15, 0.2) is 59.6 Å². The summed E-state index contributed by atoms with van der Waals surface area (Å²) in [7, 11) is 0. The molecule has 0 saturated carbocycles. The van der Waals surface area contributed by atoms with Crippen LogP contribution in [0.25, 0.3) is 17.0 Å². The van der Waals surface area contributed by atoms with Crippen LogP contribution in [0, 0.1) is 6.92 Å². The van der Waals surface area contributed by atoms with Crippen LogP contribution >= 0.6 is 11.8 Å². The standard InChI is InChI=1S/C20H16N2O2S/c1-13-5-4-6-14(9-13)11-22-12-15(16-7-2-3-8-17(16)22)10-18-19(23)21-20(24)25-18/h2-10,12H,11H2,1H3,(H,21,23,24)/b18-10+. The lowest BCUT2D eigenvalue weighted by molar-refractivity contribution is -0.115. The lowest BCUT2D eigenvalue weighted by Gasteiger charge is -2.06. The smallest absolute Gasteiger partial charge is 0.290 e. The third-order valence-corrected chi connectivity index (χ3v) is 4.99. The van der Waals surface area contributed by atoms with Crippen molar-refractivity contribution < 1.29 is 9.59 Å². The van der Waals surface area contributed by atoms with Gasteiger partial charge in [-0.25, -0.2) is 0 Å². The summed E-state index contributed by atoms with van der Waals surface area (Å²) >= 11 is 0.945. The first-order valence-corrected chi connectivity index (χ1v) is 8.80. The molecule has 1 aromatic heterocycles. The van der Waals surface area contributed by atoms with E-state index in [1.54, 1.807) is 6.08 Å². The van der Waals surface area contributed by atoms with E-state index in [1.807, 2.05) is 24.4 Å². The molecule has 4 nitrogen and oxygen atoms in total. The first-order valence-electron chi connectivity index (χ1n) is 7.98. The second-order valence-electron chi connectivity index (χ2n) is 6.07. The minimum Gasteiger partial charge on any atom is -0.342 e. The summed E-state index contributed by atoms with van der Waals surface area (Å²) in [5.74, 6) is -0.328. The number of carbonyl (C=O) groups is 2. The van der Waals surface area contributed by atoms with Crippen LogP contribution < -0.4 is 5.32 Å². The van der Waals surface area contributed by atoms with E-state index in [0.717, 1.165) is 34.8 Å². The van der Waals surface area contributed by atoms with Crippen LogP contribution in [0.1, 0.15) is 16.7 Å². The van der Waals surface area contributed by atoms with Crippen molar-refractivity contribution in [1.29, 1.82) is 0 Å². The third kappa shape index (κ3) is 3.10. The van der Waals surface area contributed by atoms with Gasteiger partial charge < -0.3 is 4.57 Å². The number of thioether (sulfide) groups is 1. The van der Waals surface area contributed by atoms with Crippen LogP contribution in [-0.2, 0) is 11.3 Å². The molecule has 1 N–H and O–H groups in total. The number of aromatic nitrogens is 1. The van der Waals surface area contributed by atoms with Crippen molar-refractivity contribution in [2.75, 3.05) is 0 Å². The number of hydrogen-bond acceptors (Lipinski definition) is 3. The molecule has 0 aliphatic carbocycles. The van der Waals surface area contributed by atoms with Crippen molar-refractivity contribution in [3.8, 4) is 0 Å². The van der Waals surface area contributed by atoms with Gasteiger partial charge in [0.15, 0.2) is 0 Å². The number of fused-ring (bicyclic) bond motifs is 1. The molecule has 1 aliphatic rings. The number of imide groups is 1. The number of amides is 2. The topological polar surface area (TPSA) is 51.1 Å². The van der Waals surface area contributed by atoms with Gasteiger partial charge >= 0.3 is 0 Å². The van der Waals surface area contributed by atoms with Gasteiger partial charge in [-0.15, -0.1) is 0 Å². The van der Waals surface area contributed by atoms with Gasteiger partial charge in [0, 0.05) is 29.2 Å². The molecule has 0 radical (unpaired) electrons. The molecular formula is C20H16N2O2S. The lowest BCUT2D eigenvalue weighted by Crippen LogP contribution is -2.17. The maximum absolute atomic E-state index is 11.8.